The summed E-state index contributed by atoms with van der Waals surface area (Å²) in [5.74, 6) is -5.56. The van der Waals surface area contributed by atoms with Crippen LogP contribution in [0.3, 0.4) is 0 Å². The van der Waals surface area contributed by atoms with Gasteiger partial charge >= 0.3 is 5.97 Å². The maximum absolute atomic E-state index is 13.6. The molecule has 0 bridgehead atoms. The van der Waals surface area contributed by atoms with Gasteiger partial charge in [-0.3, -0.25) is 0 Å². The summed E-state index contributed by atoms with van der Waals surface area (Å²) >= 11 is 0. The van der Waals surface area contributed by atoms with E-state index >= 15 is 0 Å². The first-order valence-corrected chi connectivity index (χ1v) is 7.64. The minimum Gasteiger partial charge on any atom is -0.480 e. The molecule has 1 atom stereocenters. The van der Waals surface area contributed by atoms with E-state index in [1.807, 2.05) is 0 Å². The number of nitrogens with zero attached hydrogens (tertiary/aromatic N) is 1. The van der Waals surface area contributed by atoms with Crippen molar-refractivity contribution < 1.29 is 36.2 Å². The number of hydrogen-bond donors (Lipinski definition) is 1. The molecule has 22 heavy (non-hydrogen) atoms. The number of ether oxygens (including phenoxy) is 1. The summed E-state index contributed by atoms with van der Waals surface area (Å²) in [5, 5.41) is 8.49. The first-order valence-electron chi connectivity index (χ1n) is 6.20. The minimum atomic E-state index is -4.36. The van der Waals surface area contributed by atoms with Crippen molar-refractivity contribution in [2.45, 2.75) is 17.4 Å². The van der Waals surface area contributed by atoms with E-state index in [1.165, 1.54) is 0 Å². The van der Waals surface area contributed by atoms with Crippen LogP contribution in [0.1, 0.15) is 6.42 Å². The Labute approximate surface area is 124 Å². The molecule has 0 aliphatic carbocycles. The maximum atomic E-state index is 13.6. The molecule has 1 heterocycles. The molecule has 1 aliphatic rings. The highest BCUT2D eigenvalue weighted by atomic mass is 32.2. The van der Waals surface area contributed by atoms with Crippen molar-refractivity contribution in [3.05, 3.63) is 29.6 Å². The molecule has 10 heteroatoms. The largest absolute Gasteiger partial charge is 0.480 e. The third-order valence-electron chi connectivity index (χ3n) is 3.14. The van der Waals surface area contributed by atoms with Crippen molar-refractivity contribution in [3.8, 4) is 0 Å². The second kappa shape index (κ2) is 6.23. The quantitative estimate of drug-likeness (QED) is 0.808. The fourth-order valence-electron chi connectivity index (χ4n) is 2.08. The number of halogens is 3. The smallest absolute Gasteiger partial charge is 0.329 e. The molecule has 1 aromatic rings. The lowest BCUT2D eigenvalue weighted by Crippen LogP contribution is -2.31. The van der Waals surface area contributed by atoms with Crippen LogP contribution in [0.5, 0.6) is 0 Å². The normalized spacial score (nSPS) is 19.5. The Bertz CT molecular complexity index is 694. The number of carboxylic acids is 1. The lowest BCUT2D eigenvalue weighted by Gasteiger charge is -2.17. The minimum absolute atomic E-state index is 0.0367. The highest BCUT2D eigenvalue weighted by molar-refractivity contribution is 7.89. The maximum Gasteiger partial charge on any atom is 0.329 e. The van der Waals surface area contributed by atoms with Gasteiger partial charge in [0.15, 0.2) is 11.6 Å². The van der Waals surface area contributed by atoms with Gasteiger partial charge in [-0.1, -0.05) is 0 Å². The summed E-state index contributed by atoms with van der Waals surface area (Å²) in [6.07, 6.45) is -0.433. The summed E-state index contributed by atoms with van der Waals surface area (Å²) < 4.78 is 69.9. The van der Waals surface area contributed by atoms with Crippen LogP contribution in [0, 0.1) is 17.5 Å². The first-order chi connectivity index (χ1) is 10.2. The topological polar surface area (TPSA) is 83.9 Å². The van der Waals surface area contributed by atoms with Crippen LogP contribution < -0.4 is 0 Å². The predicted octanol–water partition coefficient (Wildman–Crippen LogP) is 0.968. The Kier molecular flexibility index (Phi) is 4.73. The highest BCUT2D eigenvalue weighted by Gasteiger charge is 2.35. The van der Waals surface area contributed by atoms with Crippen molar-refractivity contribution in [3.63, 3.8) is 0 Å². The van der Waals surface area contributed by atoms with E-state index in [0.29, 0.717) is 0 Å². The standard InChI is InChI=1S/C12H12F3NO5S/c13-8-3-10(15)11(4-9(8)14)22(19,20)16-2-1-7(5-16)21-6-12(17)18/h3-4,7H,1-2,5-6H2,(H,17,18)/t7-/m0/s1. The zero-order chi connectivity index (χ0) is 16.5. The van der Waals surface area contributed by atoms with Crippen LogP contribution in [0.2, 0.25) is 0 Å². The van der Waals surface area contributed by atoms with Gasteiger partial charge in [0.1, 0.15) is 17.3 Å². The number of benzene rings is 1. The van der Waals surface area contributed by atoms with Gasteiger partial charge in [0, 0.05) is 19.2 Å². The molecule has 0 radical (unpaired) electrons. The fourth-order valence-corrected chi connectivity index (χ4v) is 3.63. The molecule has 1 aliphatic heterocycles. The predicted molar refractivity (Wildman–Crippen MR) is 67.1 cm³/mol. The average molecular weight is 339 g/mol. The van der Waals surface area contributed by atoms with Crippen LogP contribution in [0.25, 0.3) is 0 Å². The van der Waals surface area contributed by atoms with E-state index in [1.54, 1.807) is 0 Å². The van der Waals surface area contributed by atoms with E-state index in [-0.39, 0.29) is 31.6 Å². The van der Waals surface area contributed by atoms with E-state index in [4.69, 9.17) is 9.84 Å². The monoisotopic (exact) mass is 339 g/mol. The molecule has 0 spiro atoms. The van der Waals surface area contributed by atoms with Crippen LogP contribution in [0.4, 0.5) is 13.2 Å². The Morgan fingerprint density at radius 2 is 1.91 bits per heavy atom. The van der Waals surface area contributed by atoms with E-state index in [9.17, 15) is 26.4 Å². The number of hydrogen-bond acceptors (Lipinski definition) is 4. The molecule has 0 amide bonds. The molecule has 0 unspecified atom stereocenters. The van der Waals surface area contributed by atoms with Gasteiger partial charge < -0.3 is 9.84 Å². The third-order valence-corrected chi connectivity index (χ3v) is 5.02. The van der Waals surface area contributed by atoms with Crippen molar-refractivity contribution in [1.29, 1.82) is 0 Å². The zero-order valence-electron chi connectivity index (χ0n) is 11.1. The summed E-state index contributed by atoms with van der Waals surface area (Å²) in [6.45, 7) is -0.808. The molecule has 2 rings (SSSR count). The Morgan fingerprint density at radius 3 is 2.55 bits per heavy atom. The second-order valence-electron chi connectivity index (χ2n) is 4.68. The Hall–Kier alpha value is -1.65. The molecule has 6 nitrogen and oxygen atoms in total. The highest BCUT2D eigenvalue weighted by Crippen LogP contribution is 2.26. The number of rotatable bonds is 5. The van der Waals surface area contributed by atoms with E-state index < -0.39 is 51.1 Å². The van der Waals surface area contributed by atoms with Crippen molar-refractivity contribution in [2.75, 3.05) is 19.7 Å². The molecule has 122 valence electrons. The molecule has 1 fully saturated rings. The second-order valence-corrected chi connectivity index (χ2v) is 6.58. The first kappa shape index (κ1) is 16.7. The van der Waals surface area contributed by atoms with Gasteiger partial charge in [0.2, 0.25) is 10.0 Å². The van der Waals surface area contributed by atoms with Crippen molar-refractivity contribution in [2.24, 2.45) is 0 Å². The van der Waals surface area contributed by atoms with E-state index in [2.05, 4.69) is 0 Å². The number of carboxylic acid groups (broad SMARTS) is 1. The molecular weight excluding hydrogens is 327 g/mol. The van der Waals surface area contributed by atoms with Gasteiger partial charge in [-0.15, -0.1) is 0 Å². The Balaban J connectivity index is 2.18. The van der Waals surface area contributed by atoms with E-state index in [0.717, 1.165) is 4.31 Å². The lowest BCUT2D eigenvalue weighted by atomic mass is 10.3. The molecule has 0 aromatic heterocycles. The van der Waals surface area contributed by atoms with Crippen LogP contribution >= 0.6 is 0 Å². The summed E-state index contributed by atoms with van der Waals surface area (Å²) in [6, 6.07) is 0.447. The van der Waals surface area contributed by atoms with Crippen molar-refractivity contribution in [1.82, 2.24) is 4.31 Å². The van der Waals surface area contributed by atoms with Gasteiger partial charge in [-0.25, -0.2) is 26.4 Å². The summed E-state index contributed by atoms with van der Waals surface area (Å²) in [5.41, 5.74) is 0. The van der Waals surface area contributed by atoms with Crippen molar-refractivity contribution >= 4 is 16.0 Å². The molecule has 0 saturated carbocycles. The van der Waals surface area contributed by atoms with Gasteiger partial charge in [-0.05, 0) is 12.5 Å². The van der Waals surface area contributed by atoms with Crippen LogP contribution in [-0.4, -0.2) is 49.6 Å². The molecular formula is C12H12F3NO5S. The van der Waals surface area contributed by atoms with Gasteiger partial charge in [-0.2, -0.15) is 4.31 Å². The zero-order valence-corrected chi connectivity index (χ0v) is 11.9. The Morgan fingerprint density at radius 1 is 1.27 bits per heavy atom. The molecule has 1 saturated heterocycles. The van der Waals surface area contributed by atoms with Gasteiger partial charge in [0.25, 0.3) is 0 Å². The third kappa shape index (κ3) is 3.39. The number of carbonyl (C=O) groups is 1. The molecule has 1 aromatic carbocycles. The van der Waals surface area contributed by atoms with Gasteiger partial charge in [0.05, 0.1) is 6.10 Å². The lowest BCUT2D eigenvalue weighted by molar-refractivity contribution is -0.144. The average Bonchev–Trinajstić information content (AvgIpc) is 2.90. The molecule has 1 N–H and O–H groups in total. The number of sulfonamides is 1. The van der Waals surface area contributed by atoms with Crippen LogP contribution in [-0.2, 0) is 19.6 Å². The fraction of sp³-hybridized carbons (Fsp3) is 0.417. The number of aliphatic carboxylic acids is 1. The summed E-state index contributed by atoms with van der Waals surface area (Å²) in [4.78, 5) is 9.42. The SMILES string of the molecule is O=C(O)CO[C@H]1CCN(S(=O)(=O)c2cc(F)c(F)cc2F)C1. The summed E-state index contributed by atoms with van der Waals surface area (Å²) in [7, 11) is -4.36. The van der Waals surface area contributed by atoms with Crippen LogP contribution in [0.15, 0.2) is 17.0 Å².